The van der Waals surface area contributed by atoms with E-state index < -0.39 is 10.0 Å². The molecule has 134 valence electrons. The smallest absolute Gasteiger partial charge is 0.274 e. The van der Waals surface area contributed by atoms with Gasteiger partial charge in [-0.3, -0.25) is 14.5 Å². The third-order valence-electron chi connectivity index (χ3n) is 3.99. The first-order valence-corrected chi connectivity index (χ1v) is 9.74. The molecule has 0 bridgehead atoms. The first-order valence-electron chi connectivity index (χ1n) is 7.85. The van der Waals surface area contributed by atoms with Gasteiger partial charge < -0.3 is 4.90 Å². The van der Waals surface area contributed by atoms with Crippen LogP contribution in [-0.4, -0.2) is 58.3 Å². The van der Waals surface area contributed by atoms with Crippen LogP contribution in [0.1, 0.15) is 21.9 Å². The van der Waals surface area contributed by atoms with E-state index in [0.717, 1.165) is 17.6 Å². The van der Waals surface area contributed by atoms with E-state index in [2.05, 4.69) is 19.8 Å². The third kappa shape index (κ3) is 4.40. The van der Waals surface area contributed by atoms with Gasteiger partial charge in [-0.1, -0.05) is 0 Å². The SMILES string of the molecule is Cc1cnc(C(=O)N2Cc3ccnn3CC(CNS(C)(=O)=O)C2)cn1. The van der Waals surface area contributed by atoms with E-state index in [9.17, 15) is 13.2 Å². The molecule has 1 N–H and O–H groups in total. The highest BCUT2D eigenvalue weighted by molar-refractivity contribution is 7.88. The van der Waals surface area contributed by atoms with Gasteiger partial charge in [0, 0.05) is 37.9 Å². The molecule has 0 saturated carbocycles. The summed E-state index contributed by atoms with van der Waals surface area (Å²) in [6, 6.07) is 1.85. The van der Waals surface area contributed by atoms with E-state index in [1.165, 1.54) is 6.20 Å². The largest absolute Gasteiger partial charge is 0.331 e. The van der Waals surface area contributed by atoms with Gasteiger partial charge in [0.25, 0.3) is 5.91 Å². The molecule has 0 spiro atoms. The van der Waals surface area contributed by atoms with Crippen LogP contribution in [0.3, 0.4) is 0 Å². The molecule has 1 amide bonds. The summed E-state index contributed by atoms with van der Waals surface area (Å²) in [5, 5.41) is 4.26. The maximum absolute atomic E-state index is 12.8. The van der Waals surface area contributed by atoms with Crippen molar-refractivity contribution < 1.29 is 13.2 Å². The van der Waals surface area contributed by atoms with Gasteiger partial charge in [0.2, 0.25) is 10.0 Å². The Hall–Kier alpha value is -2.33. The predicted molar refractivity (Wildman–Crippen MR) is 90.1 cm³/mol. The Morgan fingerprint density at radius 2 is 2.12 bits per heavy atom. The van der Waals surface area contributed by atoms with Crippen LogP contribution in [0.15, 0.2) is 24.7 Å². The molecule has 1 aliphatic heterocycles. The quantitative estimate of drug-likeness (QED) is 0.805. The van der Waals surface area contributed by atoms with Gasteiger partial charge in [-0.2, -0.15) is 5.10 Å². The monoisotopic (exact) mass is 364 g/mol. The van der Waals surface area contributed by atoms with Crippen LogP contribution in [0.2, 0.25) is 0 Å². The number of aryl methyl sites for hydroxylation is 1. The lowest BCUT2D eigenvalue weighted by Crippen LogP contribution is -2.39. The van der Waals surface area contributed by atoms with Gasteiger partial charge in [0.15, 0.2) is 0 Å². The summed E-state index contributed by atoms with van der Waals surface area (Å²) in [4.78, 5) is 22.7. The molecule has 10 heteroatoms. The topological polar surface area (TPSA) is 110 Å². The Bertz CT molecular complexity index is 862. The van der Waals surface area contributed by atoms with Crippen LogP contribution in [0.25, 0.3) is 0 Å². The Morgan fingerprint density at radius 3 is 2.80 bits per heavy atom. The van der Waals surface area contributed by atoms with E-state index in [-0.39, 0.29) is 24.1 Å². The van der Waals surface area contributed by atoms with Crippen LogP contribution in [0.4, 0.5) is 0 Å². The fourth-order valence-corrected chi connectivity index (χ4v) is 3.29. The van der Waals surface area contributed by atoms with Crippen LogP contribution in [-0.2, 0) is 23.1 Å². The summed E-state index contributed by atoms with van der Waals surface area (Å²) < 4.78 is 27.1. The minimum Gasteiger partial charge on any atom is -0.331 e. The van der Waals surface area contributed by atoms with Crippen molar-refractivity contribution in [2.45, 2.75) is 20.0 Å². The Balaban J connectivity index is 1.82. The summed E-state index contributed by atoms with van der Waals surface area (Å²) in [5.74, 6) is -0.329. The Kier molecular flexibility index (Phi) is 4.82. The molecule has 9 nitrogen and oxygen atoms in total. The minimum atomic E-state index is -3.30. The summed E-state index contributed by atoms with van der Waals surface area (Å²) in [6.45, 7) is 3.37. The number of nitrogens with one attached hydrogen (secondary N) is 1. The second-order valence-corrected chi connectivity index (χ2v) is 8.05. The fraction of sp³-hybridized carbons (Fsp3) is 0.467. The molecule has 0 saturated heterocycles. The van der Waals surface area contributed by atoms with E-state index in [1.54, 1.807) is 24.2 Å². The number of nitrogens with zero attached hydrogens (tertiary/aromatic N) is 5. The van der Waals surface area contributed by atoms with Crippen LogP contribution < -0.4 is 4.72 Å². The van der Waals surface area contributed by atoms with Gasteiger partial charge in [-0.15, -0.1) is 0 Å². The van der Waals surface area contributed by atoms with Crippen LogP contribution >= 0.6 is 0 Å². The number of rotatable bonds is 4. The van der Waals surface area contributed by atoms with Crippen molar-refractivity contribution in [3.8, 4) is 0 Å². The highest BCUT2D eigenvalue weighted by Gasteiger charge is 2.27. The first kappa shape index (κ1) is 17.5. The lowest BCUT2D eigenvalue weighted by atomic mass is 10.1. The standard InChI is InChI=1S/C15H20N6O3S/c1-11-5-17-14(7-16-11)15(22)20-8-12(6-19-25(2,23)24)9-21-13(10-20)3-4-18-21/h3-5,7,12,19H,6,8-10H2,1-2H3. The average molecular weight is 364 g/mol. The molecule has 0 aromatic carbocycles. The summed E-state index contributed by atoms with van der Waals surface area (Å²) >= 11 is 0. The zero-order chi connectivity index (χ0) is 18.0. The predicted octanol–water partition coefficient (Wildman–Crippen LogP) is -0.197. The van der Waals surface area contributed by atoms with Gasteiger partial charge in [-0.25, -0.2) is 18.1 Å². The molecule has 3 rings (SSSR count). The number of amides is 1. The molecular weight excluding hydrogens is 344 g/mol. The second kappa shape index (κ2) is 6.89. The van der Waals surface area contributed by atoms with Crippen molar-refractivity contribution in [3.05, 3.63) is 41.7 Å². The average Bonchev–Trinajstić information content (AvgIpc) is 2.90. The number of hydrogen-bond donors (Lipinski definition) is 1. The number of fused-ring (bicyclic) bond motifs is 1. The molecular formula is C15H20N6O3S. The third-order valence-corrected chi connectivity index (χ3v) is 4.68. The zero-order valence-corrected chi connectivity index (χ0v) is 14.9. The van der Waals surface area contributed by atoms with E-state index in [1.807, 2.05) is 10.7 Å². The highest BCUT2D eigenvalue weighted by atomic mass is 32.2. The summed E-state index contributed by atoms with van der Waals surface area (Å²) in [7, 11) is -3.30. The van der Waals surface area contributed by atoms with Gasteiger partial charge in [0.1, 0.15) is 5.69 Å². The first-order chi connectivity index (χ1) is 11.8. The number of carbonyl (C=O) groups is 1. The van der Waals surface area contributed by atoms with E-state index in [0.29, 0.717) is 19.6 Å². The summed E-state index contributed by atoms with van der Waals surface area (Å²) in [5.41, 5.74) is 1.91. The molecule has 3 heterocycles. The number of aromatic nitrogens is 4. The molecule has 1 unspecified atom stereocenters. The molecule has 0 aliphatic carbocycles. The number of sulfonamides is 1. The highest BCUT2D eigenvalue weighted by Crippen LogP contribution is 2.17. The van der Waals surface area contributed by atoms with Crippen molar-refractivity contribution in [3.63, 3.8) is 0 Å². The molecule has 2 aromatic rings. The lowest BCUT2D eigenvalue weighted by molar-refractivity contribution is 0.0716. The minimum absolute atomic E-state index is 0.0989. The van der Waals surface area contributed by atoms with Crippen molar-refractivity contribution in [2.24, 2.45) is 5.92 Å². The fourth-order valence-electron chi connectivity index (χ4n) is 2.75. The van der Waals surface area contributed by atoms with Crippen molar-refractivity contribution in [1.82, 2.24) is 29.4 Å². The Morgan fingerprint density at radius 1 is 1.32 bits per heavy atom. The van der Waals surface area contributed by atoms with Crippen LogP contribution in [0, 0.1) is 12.8 Å². The molecule has 1 aliphatic rings. The van der Waals surface area contributed by atoms with E-state index in [4.69, 9.17) is 0 Å². The van der Waals surface area contributed by atoms with Crippen LogP contribution in [0.5, 0.6) is 0 Å². The normalized spacial score (nSPS) is 17.8. The zero-order valence-electron chi connectivity index (χ0n) is 14.1. The number of hydrogen-bond acceptors (Lipinski definition) is 6. The second-order valence-electron chi connectivity index (χ2n) is 6.22. The van der Waals surface area contributed by atoms with Gasteiger partial charge in [-0.05, 0) is 13.0 Å². The molecule has 2 aromatic heterocycles. The maximum atomic E-state index is 12.8. The van der Waals surface area contributed by atoms with Gasteiger partial charge in [0.05, 0.1) is 30.4 Å². The molecule has 1 atom stereocenters. The maximum Gasteiger partial charge on any atom is 0.274 e. The Labute approximate surface area is 146 Å². The van der Waals surface area contributed by atoms with Crippen molar-refractivity contribution >= 4 is 15.9 Å². The molecule has 0 radical (unpaired) electrons. The van der Waals surface area contributed by atoms with Crippen molar-refractivity contribution in [2.75, 3.05) is 19.3 Å². The molecule has 0 fully saturated rings. The number of carbonyl (C=O) groups excluding carboxylic acids is 1. The lowest BCUT2D eigenvalue weighted by Gasteiger charge is -2.23. The van der Waals surface area contributed by atoms with E-state index >= 15 is 0 Å². The molecule has 25 heavy (non-hydrogen) atoms. The van der Waals surface area contributed by atoms with Gasteiger partial charge >= 0.3 is 0 Å². The summed E-state index contributed by atoms with van der Waals surface area (Å²) in [6.07, 6.45) is 5.81. The van der Waals surface area contributed by atoms with Crippen molar-refractivity contribution in [1.29, 1.82) is 0 Å².